The molecule has 0 unspecified atom stereocenters. The number of hydrogen-bond donors (Lipinski definition) is 2. The molecule has 0 aliphatic rings. The number of anilines is 1. The van der Waals surface area contributed by atoms with E-state index in [1.165, 1.54) is 17.4 Å². The summed E-state index contributed by atoms with van der Waals surface area (Å²) in [6.45, 7) is 1.64. The van der Waals surface area contributed by atoms with E-state index in [1.807, 2.05) is 0 Å². The van der Waals surface area contributed by atoms with Crippen molar-refractivity contribution in [1.82, 2.24) is 0 Å². The second kappa shape index (κ2) is 6.17. The van der Waals surface area contributed by atoms with Gasteiger partial charge in [0.2, 0.25) is 10.0 Å². The molecule has 112 valence electrons. The number of nitrogens with two attached hydrogens (primary N) is 1. The number of halogens is 2. The van der Waals surface area contributed by atoms with E-state index in [0.29, 0.717) is 16.1 Å². The molecule has 1 amide bonds. The van der Waals surface area contributed by atoms with Crippen LogP contribution in [0.3, 0.4) is 0 Å². The fourth-order valence-electron chi connectivity index (χ4n) is 1.64. The number of thiophene rings is 1. The van der Waals surface area contributed by atoms with Gasteiger partial charge in [-0.3, -0.25) is 4.79 Å². The van der Waals surface area contributed by atoms with Crippen molar-refractivity contribution >= 4 is 64.8 Å². The van der Waals surface area contributed by atoms with E-state index < -0.39 is 10.0 Å². The van der Waals surface area contributed by atoms with Gasteiger partial charge in [-0.1, -0.05) is 6.07 Å². The van der Waals surface area contributed by atoms with Crippen molar-refractivity contribution in [2.24, 2.45) is 5.14 Å². The Balaban J connectivity index is 2.30. The highest BCUT2D eigenvalue weighted by Crippen LogP contribution is 2.32. The van der Waals surface area contributed by atoms with Crippen LogP contribution in [-0.2, 0) is 10.0 Å². The molecule has 1 aromatic heterocycles. The molecular weight excluding hydrogens is 444 g/mol. The van der Waals surface area contributed by atoms with Crippen molar-refractivity contribution in [3.63, 3.8) is 0 Å². The fraction of sp³-hybridized carbons (Fsp3) is 0.0833. The minimum atomic E-state index is -3.82. The van der Waals surface area contributed by atoms with Gasteiger partial charge in [-0.2, -0.15) is 0 Å². The molecule has 3 N–H and O–H groups in total. The number of nitrogens with one attached hydrogen (secondary N) is 1. The molecule has 0 aliphatic heterocycles. The zero-order valence-corrected chi connectivity index (χ0v) is 15.5. The number of hydrogen-bond acceptors (Lipinski definition) is 4. The minimum absolute atomic E-state index is 0.00570. The molecule has 0 radical (unpaired) electrons. The molecule has 0 saturated heterocycles. The third kappa shape index (κ3) is 3.92. The normalized spacial score (nSPS) is 11.4. The van der Waals surface area contributed by atoms with Crippen LogP contribution in [0.5, 0.6) is 0 Å². The Morgan fingerprint density at radius 1 is 1.29 bits per heavy atom. The zero-order valence-electron chi connectivity index (χ0n) is 10.7. The molecule has 2 rings (SSSR count). The quantitative estimate of drug-likeness (QED) is 0.745. The Kier molecular flexibility index (Phi) is 4.89. The lowest BCUT2D eigenvalue weighted by atomic mass is 10.2. The van der Waals surface area contributed by atoms with Crippen molar-refractivity contribution in [1.29, 1.82) is 0 Å². The highest BCUT2D eigenvalue weighted by molar-refractivity contribution is 9.13. The standard InChI is InChI=1S/C12H10Br2N2O3S2/c1-6-2-3-7(4-10(6)21(15,18)19)16-12(17)9-5-8(13)11(14)20-9/h2-5H,1H3,(H,16,17)(H2,15,18,19). The van der Waals surface area contributed by atoms with Crippen LogP contribution in [0.2, 0.25) is 0 Å². The summed E-state index contributed by atoms with van der Waals surface area (Å²) in [5.41, 5.74) is 0.896. The van der Waals surface area contributed by atoms with E-state index >= 15 is 0 Å². The zero-order chi connectivity index (χ0) is 15.8. The van der Waals surface area contributed by atoms with Gasteiger partial charge < -0.3 is 5.32 Å². The topological polar surface area (TPSA) is 89.3 Å². The molecular formula is C12H10Br2N2O3S2. The van der Waals surface area contributed by atoms with E-state index in [2.05, 4.69) is 37.2 Å². The van der Waals surface area contributed by atoms with Gasteiger partial charge in [0.05, 0.1) is 13.6 Å². The predicted octanol–water partition coefficient (Wildman–Crippen LogP) is 3.48. The van der Waals surface area contributed by atoms with Crippen LogP contribution in [0.1, 0.15) is 15.2 Å². The molecule has 2 aromatic rings. The van der Waals surface area contributed by atoms with Gasteiger partial charge in [-0.25, -0.2) is 13.6 Å². The van der Waals surface area contributed by atoms with Crippen molar-refractivity contribution in [3.05, 3.63) is 43.0 Å². The van der Waals surface area contributed by atoms with Crippen molar-refractivity contribution in [3.8, 4) is 0 Å². The Labute approximate surface area is 142 Å². The van der Waals surface area contributed by atoms with Crippen LogP contribution in [0.25, 0.3) is 0 Å². The molecule has 5 nitrogen and oxygen atoms in total. The Hall–Kier alpha value is -0.740. The summed E-state index contributed by atoms with van der Waals surface area (Å²) < 4.78 is 24.5. The first-order valence-electron chi connectivity index (χ1n) is 5.58. The summed E-state index contributed by atoms with van der Waals surface area (Å²) in [6.07, 6.45) is 0. The Morgan fingerprint density at radius 2 is 1.95 bits per heavy atom. The fourth-order valence-corrected chi connectivity index (χ4v) is 4.37. The van der Waals surface area contributed by atoms with E-state index in [9.17, 15) is 13.2 Å². The van der Waals surface area contributed by atoms with Gasteiger partial charge in [0, 0.05) is 10.2 Å². The van der Waals surface area contributed by atoms with Gasteiger partial charge in [0.25, 0.3) is 5.91 Å². The first kappa shape index (κ1) is 16.6. The summed E-state index contributed by atoms with van der Waals surface area (Å²) in [6, 6.07) is 6.24. The van der Waals surface area contributed by atoms with E-state index in [1.54, 1.807) is 25.1 Å². The molecule has 1 aromatic carbocycles. The second-order valence-electron chi connectivity index (χ2n) is 4.21. The van der Waals surface area contributed by atoms with Crippen molar-refractivity contribution in [2.75, 3.05) is 5.32 Å². The van der Waals surface area contributed by atoms with Gasteiger partial charge in [0.15, 0.2) is 0 Å². The number of amides is 1. The molecule has 0 spiro atoms. The van der Waals surface area contributed by atoms with Crippen LogP contribution in [0.15, 0.2) is 37.4 Å². The average molecular weight is 454 g/mol. The molecule has 0 bridgehead atoms. The van der Waals surface area contributed by atoms with Crippen LogP contribution in [-0.4, -0.2) is 14.3 Å². The molecule has 0 aliphatic carbocycles. The second-order valence-corrected chi connectivity index (χ2v) is 8.97. The number of benzene rings is 1. The summed E-state index contributed by atoms with van der Waals surface area (Å²) in [7, 11) is -3.82. The number of rotatable bonds is 3. The maximum atomic E-state index is 12.1. The van der Waals surface area contributed by atoms with Crippen molar-refractivity contribution in [2.45, 2.75) is 11.8 Å². The van der Waals surface area contributed by atoms with E-state index in [0.717, 1.165) is 8.26 Å². The first-order chi connectivity index (χ1) is 9.68. The summed E-state index contributed by atoms with van der Waals surface area (Å²) in [4.78, 5) is 12.6. The van der Waals surface area contributed by atoms with Gasteiger partial charge in [-0.05, 0) is 62.5 Å². The van der Waals surface area contributed by atoms with Crippen LogP contribution >= 0.6 is 43.2 Å². The number of carbonyl (C=O) groups is 1. The van der Waals surface area contributed by atoms with Gasteiger partial charge in [0.1, 0.15) is 0 Å². The molecule has 0 atom stereocenters. The highest BCUT2D eigenvalue weighted by Gasteiger charge is 2.15. The Bertz CT molecular complexity index is 796. The SMILES string of the molecule is Cc1ccc(NC(=O)c2cc(Br)c(Br)s2)cc1S(N)(=O)=O. The number of sulfonamides is 1. The van der Waals surface area contributed by atoms with Gasteiger partial charge in [-0.15, -0.1) is 11.3 Å². The summed E-state index contributed by atoms with van der Waals surface area (Å²) in [5, 5.41) is 7.79. The van der Waals surface area contributed by atoms with Gasteiger partial charge >= 0.3 is 0 Å². The van der Waals surface area contributed by atoms with E-state index in [4.69, 9.17) is 5.14 Å². The third-order valence-corrected chi connectivity index (χ3v) is 6.93. The molecule has 9 heteroatoms. The third-order valence-electron chi connectivity index (χ3n) is 2.62. The number of primary sulfonamides is 1. The lowest BCUT2D eigenvalue weighted by Gasteiger charge is -2.08. The first-order valence-corrected chi connectivity index (χ1v) is 9.53. The predicted molar refractivity (Wildman–Crippen MR) is 90.2 cm³/mol. The maximum Gasteiger partial charge on any atom is 0.265 e. The molecule has 0 fully saturated rings. The van der Waals surface area contributed by atoms with Crippen molar-refractivity contribution < 1.29 is 13.2 Å². The molecule has 21 heavy (non-hydrogen) atoms. The number of aryl methyl sites for hydroxylation is 1. The summed E-state index contributed by atoms with van der Waals surface area (Å²) in [5.74, 6) is -0.323. The van der Waals surface area contributed by atoms with Crippen LogP contribution in [0, 0.1) is 6.92 Å². The molecule has 0 saturated carbocycles. The van der Waals surface area contributed by atoms with E-state index in [-0.39, 0.29) is 10.8 Å². The minimum Gasteiger partial charge on any atom is -0.321 e. The number of carbonyl (C=O) groups excluding carboxylic acids is 1. The lowest BCUT2D eigenvalue weighted by molar-refractivity contribution is 0.103. The average Bonchev–Trinajstić information content (AvgIpc) is 2.71. The lowest BCUT2D eigenvalue weighted by Crippen LogP contribution is -2.15. The largest absolute Gasteiger partial charge is 0.321 e. The Morgan fingerprint density at radius 3 is 2.48 bits per heavy atom. The smallest absolute Gasteiger partial charge is 0.265 e. The monoisotopic (exact) mass is 452 g/mol. The summed E-state index contributed by atoms with van der Waals surface area (Å²) >= 11 is 7.89. The van der Waals surface area contributed by atoms with Crippen LogP contribution < -0.4 is 10.5 Å². The molecule has 1 heterocycles. The maximum absolute atomic E-state index is 12.1. The highest BCUT2D eigenvalue weighted by atomic mass is 79.9. The van der Waals surface area contributed by atoms with Crippen LogP contribution in [0.4, 0.5) is 5.69 Å².